The van der Waals surface area contributed by atoms with Crippen LogP contribution in [0.15, 0.2) is 78.9 Å². The monoisotopic (exact) mass is 497 g/mol. The Morgan fingerprint density at radius 3 is 2.35 bits per heavy atom. The van der Waals surface area contributed by atoms with Crippen LogP contribution in [-0.2, 0) is 4.79 Å². The highest BCUT2D eigenvalue weighted by atomic mass is 16.6. The van der Waals surface area contributed by atoms with Gasteiger partial charge in [-0.25, -0.2) is 0 Å². The van der Waals surface area contributed by atoms with Crippen LogP contribution in [0.2, 0.25) is 0 Å². The molecule has 1 fully saturated rings. The number of H-pyrrole nitrogens is 1. The number of hydrogen-bond donors (Lipinski definition) is 2. The third kappa shape index (κ3) is 5.07. The highest BCUT2D eigenvalue weighted by molar-refractivity contribution is 5.99. The Bertz CT molecular complexity index is 1420. The van der Waals surface area contributed by atoms with Crippen molar-refractivity contribution in [2.75, 3.05) is 31.5 Å². The van der Waals surface area contributed by atoms with Crippen LogP contribution < -0.4 is 5.32 Å². The van der Waals surface area contributed by atoms with Crippen molar-refractivity contribution in [2.24, 2.45) is 0 Å². The van der Waals surface area contributed by atoms with E-state index in [2.05, 4.69) is 10.3 Å². The van der Waals surface area contributed by atoms with Gasteiger partial charge in [-0.05, 0) is 36.2 Å². The zero-order valence-electron chi connectivity index (χ0n) is 20.4. The maximum Gasteiger partial charge on any atom is 0.293 e. The molecule has 2 amide bonds. The number of rotatable bonds is 6. The molecule has 0 radical (unpaired) electrons. The molecule has 9 nitrogen and oxygen atoms in total. The number of para-hydroxylation sites is 1. The molecule has 0 saturated carbocycles. The number of aromatic amines is 1. The number of carbonyl (C=O) groups excluding carboxylic acids is 2. The zero-order chi connectivity index (χ0) is 25.9. The first-order valence-corrected chi connectivity index (χ1v) is 12.1. The van der Waals surface area contributed by atoms with Crippen LogP contribution in [0.5, 0.6) is 0 Å². The molecule has 0 bridgehead atoms. The van der Waals surface area contributed by atoms with Gasteiger partial charge in [0.05, 0.1) is 4.92 Å². The number of anilines is 1. The first-order chi connectivity index (χ1) is 17.9. The number of aromatic nitrogens is 1. The van der Waals surface area contributed by atoms with Gasteiger partial charge < -0.3 is 15.2 Å². The van der Waals surface area contributed by atoms with Gasteiger partial charge in [-0.2, -0.15) is 0 Å². The molecule has 1 aliphatic heterocycles. The third-order valence-corrected chi connectivity index (χ3v) is 6.70. The van der Waals surface area contributed by atoms with E-state index in [1.54, 1.807) is 24.0 Å². The quantitative estimate of drug-likeness (QED) is 0.300. The lowest BCUT2D eigenvalue weighted by Crippen LogP contribution is -2.51. The summed E-state index contributed by atoms with van der Waals surface area (Å²) in [6, 6.07) is 23.0. The third-order valence-electron chi connectivity index (χ3n) is 6.70. The number of piperazine rings is 1. The molecule has 9 heteroatoms. The number of nitro groups is 1. The summed E-state index contributed by atoms with van der Waals surface area (Å²) in [5, 5.41) is 15.3. The smallest absolute Gasteiger partial charge is 0.293 e. The Labute approximate surface area is 213 Å². The van der Waals surface area contributed by atoms with E-state index < -0.39 is 11.0 Å². The molecular formula is C28H27N5O4. The van der Waals surface area contributed by atoms with Crippen LogP contribution in [0, 0.1) is 17.0 Å². The summed E-state index contributed by atoms with van der Waals surface area (Å²) < 4.78 is 0. The number of carbonyl (C=O) groups is 2. The first kappa shape index (κ1) is 24.2. The molecule has 2 N–H and O–H groups in total. The van der Waals surface area contributed by atoms with Gasteiger partial charge in [-0.15, -0.1) is 0 Å². The summed E-state index contributed by atoms with van der Waals surface area (Å²) in [5.74, 6) is -0.430. The van der Waals surface area contributed by atoms with Crippen LogP contribution in [0.1, 0.15) is 27.7 Å². The summed E-state index contributed by atoms with van der Waals surface area (Å²) in [6.07, 6.45) is 0. The van der Waals surface area contributed by atoms with E-state index in [9.17, 15) is 19.7 Å². The number of benzene rings is 3. The number of aryl methyl sites for hydroxylation is 1. The van der Waals surface area contributed by atoms with Crippen molar-refractivity contribution in [2.45, 2.75) is 13.0 Å². The molecule has 1 aromatic heterocycles. The van der Waals surface area contributed by atoms with Gasteiger partial charge in [-0.3, -0.25) is 24.6 Å². The minimum absolute atomic E-state index is 0.0770. The fourth-order valence-corrected chi connectivity index (χ4v) is 4.81. The molecule has 5 rings (SSSR count). The predicted octanol–water partition coefficient (Wildman–Crippen LogP) is 4.52. The normalized spacial score (nSPS) is 14.9. The number of nitro benzene ring substituents is 1. The molecule has 0 spiro atoms. The van der Waals surface area contributed by atoms with Crippen LogP contribution in [0.4, 0.5) is 11.4 Å². The average Bonchev–Trinajstić information content (AvgIpc) is 3.35. The SMILES string of the molecule is Cc1ccc(NC(=O)C(c2ccccc2)N2CCN(C(=O)c3cc4ccccc4[nH]3)CC2)c([N+](=O)[O-])c1. The maximum atomic E-state index is 13.5. The van der Waals surface area contributed by atoms with Gasteiger partial charge >= 0.3 is 0 Å². The van der Waals surface area contributed by atoms with E-state index in [0.717, 1.165) is 22.0 Å². The second kappa shape index (κ2) is 10.2. The minimum Gasteiger partial charge on any atom is -0.351 e. The molecule has 37 heavy (non-hydrogen) atoms. The van der Waals surface area contributed by atoms with Crippen LogP contribution in [0.25, 0.3) is 10.9 Å². The van der Waals surface area contributed by atoms with Crippen molar-refractivity contribution < 1.29 is 14.5 Å². The molecule has 1 aliphatic rings. The predicted molar refractivity (Wildman–Crippen MR) is 141 cm³/mol. The Balaban J connectivity index is 1.34. The van der Waals surface area contributed by atoms with E-state index in [-0.39, 0.29) is 23.2 Å². The molecule has 188 valence electrons. The number of fused-ring (bicyclic) bond motifs is 1. The fourth-order valence-electron chi connectivity index (χ4n) is 4.81. The second-order valence-electron chi connectivity index (χ2n) is 9.18. The molecule has 1 unspecified atom stereocenters. The van der Waals surface area contributed by atoms with Gasteiger partial charge in [-0.1, -0.05) is 54.6 Å². The number of amides is 2. The Kier molecular flexibility index (Phi) is 6.70. The van der Waals surface area contributed by atoms with Gasteiger partial charge in [0.1, 0.15) is 17.4 Å². The van der Waals surface area contributed by atoms with Crippen molar-refractivity contribution in [3.8, 4) is 0 Å². The summed E-state index contributed by atoms with van der Waals surface area (Å²) in [4.78, 5) is 44.8. The summed E-state index contributed by atoms with van der Waals surface area (Å²) in [6.45, 7) is 3.64. The van der Waals surface area contributed by atoms with E-state index in [1.807, 2.05) is 65.6 Å². The van der Waals surface area contributed by atoms with Crippen LogP contribution >= 0.6 is 0 Å². The van der Waals surface area contributed by atoms with Crippen molar-refractivity contribution in [1.82, 2.24) is 14.8 Å². The molecule has 2 heterocycles. The van der Waals surface area contributed by atoms with E-state index in [4.69, 9.17) is 0 Å². The fraction of sp³-hybridized carbons (Fsp3) is 0.214. The molecular weight excluding hydrogens is 470 g/mol. The molecule has 1 atom stereocenters. The van der Waals surface area contributed by atoms with E-state index in [0.29, 0.717) is 31.9 Å². The summed E-state index contributed by atoms with van der Waals surface area (Å²) >= 11 is 0. The Hall–Kier alpha value is -4.50. The van der Waals surface area contributed by atoms with Gasteiger partial charge in [0.2, 0.25) is 5.91 Å². The standard InChI is InChI=1S/C28H27N5O4/c1-19-11-12-23(25(17-19)33(36)37)30-27(34)26(20-7-3-2-4-8-20)31-13-15-32(16-14-31)28(35)24-18-21-9-5-6-10-22(21)29-24/h2-12,17-18,26,29H,13-16H2,1H3,(H,30,34). The van der Waals surface area contributed by atoms with E-state index >= 15 is 0 Å². The Morgan fingerprint density at radius 1 is 0.946 bits per heavy atom. The lowest BCUT2D eigenvalue weighted by Gasteiger charge is -2.38. The highest BCUT2D eigenvalue weighted by Gasteiger charge is 2.33. The van der Waals surface area contributed by atoms with E-state index in [1.165, 1.54) is 6.07 Å². The lowest BCUT2D eigenvalue weighted by molar-refractivity contribution is -0.384. The lowest BCUT2D eigenvalue weighted by atomic mass is 10.0. The van der Waals surface area contributed by atoms with Gasteiger partial charge in [0, 0.05) is 43.1 Å². The number of hydrogen-bond acceptors (Lipinski definition) is 5. The van der Waals surface area contributed by atoms with Crippen LogP contribution in [-0.4, -0.2) is 57.7 Å². The van der Waals surface area contributed by atoms with Crippen molar-refractivity contribution in [3.05, 3.63) is 106 Å². The number of nitrogens with one attached hydrogen (secondary N) is 2. The van der Waals surface area contributed by atoms with Crippen molar-refractivity contribution >= 4 is 34.1 Å². The average molecular weight is 498 g/mol. The molecule has 3 aromatic carbocycles. The Morgan fingerprint density at radius 2 is 1.65 bits per heavy atom. The van der Waals surface area contributed by atoms with Crippen molar-refractivity contribution in [1.29, 1.82) is 0 Å². The second-order valence-corrected chi connectivity index (χ2v) is 9.18. The maximum absolute atomic E-state index is 13.5. The summed E-state index contributed by atoms with van der Waals surface area (Å²) in [7, 11) is 0. The van der Waals surface area contributed by atoms with Gasteiger partial charge in [0.15, 0.2) is 0 Å². The minimum atomic E-state index is -0.660. The number of nitrogens with zero attached hydrogens (tertiary/aromatic N) is 3. The summed E-state index contributed by atoms with van der Waals surface area (Å²) in [5.41, 5.74) is 2.99. The molecule has 0 aliphatic carbocycles. The molecule has 1 saturated heterocycles. The first-order valence-electron chi connectivity index (χ1n) is 12.1. The largest absolute Gasteiger partial charge is 0.351 e. The van der Waals surface area contributed by atoms with Gasteiger partial charge in [0.25, 0.3) is 11.6 Å². The molecule has 4 aromatic rings. The topological polar surface area (TPSA) is 112 Å². The van der Waals surface area contributed by atoms with Crippen LogP contribution in [0.3, 0.4) is 0 Å². The zero-order valence-corrected chi connectivity index (χ0v) is 20.4. The van der Waals surface area contributed by atoms with Crippen molar-refractivity contribution in [3.63, 3.8) is 0 Å². The highest BCUT2D eigenvalue weighted by Crippen LogP contribution is 2.29.